The number of rotatable bonds is 8. The van der Waals surface area contributed by atoms with Crippen LogP contribution in [-0.2, 0) is 19.5 Å². The molecule has 0 saturated carbocycles. The van der Waals surface area contributed by atoms with Crippen LogP contribution in [-0.4, -0.2) is 46.8 Å². The van der Waals surface area contributed by atoms with Crippen molar-refractivity contribution < 1.29 is 22.8 Å². The van der Waals surface area contributed by atoms with Gasteiger partial charge in [-0.05, 0) is 12.1 Å². The third kappa shape index (κ3) is 4.63. The van der Waals surface area contributed by atoms with Gasteiger partial charge in [0, 0.05) is 32.5 Å². The van der Waals surface area contributed by atoms with Gasteiger partial charge in [0.25, 0.3) is 5.69 Å². The molecule has 0 aliphatic rings. The van der Waals surface area contributed by atoms with E-state index in [1.807, 2.05) is 0 Å². The second-order valence-corrected chi connectivity index (χ2v) is 5.88. The molecule has 1 atom stereocenters. The number of anilines is 1. The molecule has 21 heavy (non-hydrogen) atoms. The van der Waals surface area contributed by atoms with E-state index in [9.17, 15) is 18.5 Å². The number of nitrogens with two attached hydrogens (primary N) is 1. The van der Waals surface area contributed by atoms with E-state index in [1.54, 1.807) is 0 Å². The summed E-state index contributed by atoms with van der Waals surface area (Å²) >= 11 is 0. The minimum Gasteiger partial charge on any atom is -0.399 e. The standard InChI is InChI=1S/C11H17N3O6S/c1-19-7-9(20-2)6-13-21(17,18)11-4-3-8(12)5-10(11)14(15)16/h3-5,9,13H,6-7,12H2,1-2H3. The van der Waals surface area contributed by atoms with Crippen molar-refractivity contribution in [1.82, 2.24) is 4.72 Å². The highest BCUT2D eigenvalue weighted by molar-refractivity contribution is 7.89. The zero-order chi connectivity index (χ0) is 16.0. The molecule has 0 radical (unpaired) electrons. The summed E-state index contributed by atoms with van der Waals surface area (Å²) in [6.07, 6.45) is -0.502. The fraction of sp³-hybridized carbons (Fsp3) is 0.455. The molecule has 0 amide bonds. The number of nitro groups is 1. The molecule has 0 bridgehead atoms. The number of nitrogen functional groups attached to an aromatic ring is 1. The molecular weight excluding hydrogens is 302 g/mol. The van der Waals surface area contributed by atoms with Crippen LogP contribution in [0.5, 0.6) is 0 Å². The van der Waals surface area contributed by atoms with Crippen LogP contribution in [0.1, 0.15) is 0 Å². The quantitative estimate of drug-likeness (QED) is 0.395. The highest BCUT2D eigenvalue weighted by Crippen LogP contribution is 2.25. The van der Waals surface area contributed by atoms with Gasteiger partial charge in [-0.15, -0.1) is 0 Å². The normalized spacial score (nSPS) is 13.0. The first-order chi connectivity index (χ1) is 9.81. The third-order valence-electron chi connectivity index (χ3n) is 2.66. The Morgan fingerprint density at radius 2 is 2.10 bits per heavy atom. The summed E-state index contributed by atoms with van der Waals surface area (Å²) in [5.41, 5.74) is 4.96. The van der Waals surface area contributed by atoms with E-state index in [2.05, 4.69) is 4.72 Å². The predicted molar refractivity (Wildman–Crippen MR) is 75.4 cm³/mol. The Hall–Kier alpha value is -1.75. The Morgan fingerprint density at radius 3 is 2.62 bits per heavy atom. The molecule has 0 fully saturated rings. The summed E-state index contributed by atoms with van der Waals surface area (Å²) in [5, 5.41) is 10.9. The maximum atomic E-state index is 12.1. The zero-order valence-corrected chi connectivity index (χ0v) is 12.4. The van der Waals surface area contributed by atoms with Crippen molar-refractivity contribution in [3.05, 3.63) is 28.3 Å². The van der Waals surface area contributed by atoms with Gasteiger partial charge in [0.05, 0.1) is 17.6 Å². The molecule has 0 saturated heterocycles. The van der Waals surface area contributed by atoms with E-state index < -0.39 is 31.6 Å². The lowest BCUT2D eigenvalue weighted by Crippen LogP contribution is -2.35. The van der Waals surface area contributed by atoms with E-state index in [1.165, 1.54) is 20.3 Å². The summed E-state index contributed by atoms with van der Waals surface area (Å²) in [6, 6.07) is 3.37. The van der Waals surface area contributed by atoms with E-state index in [0.29, 0.717) is 0 Å². The van der Waals surface area contributed by atoms with Crippen LogP contribution in [0.2, 0.25) is 0 Å². The molecule has 118 valence electrons. The molecule has 1 rings (SSSR count). The van der Waals surface area contributed by atoms with Gasteiger partial charge in [-0.1, -0.05) is 0 Å². The number of benzene rings is 1. The van der Waals surface area contributed by atoms with Crippen LogP contribution in [0.4, 0.5) is 11.4 Å². The SMILES string of the molecule is COCC(CNS(=O)(=O)c1ccc(N)cc1[N+](=O)[O-])OC. The molecule has 0 aliphatic heterocycles. The van der Waals surface area contributed by atoms with Gasteiger partial charge in [0.2, 0.25) is 10.0 Å². The molecule has 0 aliphatic carbocycles. The van der Waals surface area contributed by atoms with Crippen molar-refractivity contribution in [2.24, 2.45) is 0 Å². The van der Waals surface area contributed by atoms with Gasteiger partial charge >= 0.3 is 0 Å². The first-order valence-corrected chi connectivity index (χ1v) is 7.35. The second-order valence-electron chi connectivity index (χ2n) is 4.15. The van der Waals surface area contributed by atoms with Crippen LogP contribution >= 0.6 is 0 Å². The predicted octanol–water partition coefficient (Wildman–Crippen LogP) is 0.117. The zero-order valence-electron chi connectivity index (χ0n) is 11.6. The largest absolute Gasteiger partial charge is 0.399 e. The van der Waals surface area contributed by atoms with Crippen LogP contribution in [0.3, 0.4) is 0 Å². The molecule has 1 unspecified atom stereocenters. The van der Waals surface area contributed by atoms with Crippen LogP contribution < -0.4 is 10.5 Å². The minimum atomic E-state index is -4.06. The summed E-state index contributed by atoms with van der Waals surface area (Å²) in [5.74, 6) is 0. The first kappa shape index (κ1) is 17.3. The maximum Gasteiger partial charge on any atom is 0.291 e. The monoisotopic (exact) mass is 319 g/mol. The smallest absolute Gasteiger partial charge is 0.291 e. The number of hydrogen-bond donors (Lipinski definition) is 2. The topological polar surface area (TPSA) is 134 Å². The van der Waals surface area contributed by atoms with E-state index in [0.717, 1.165) is 12.1 Å². The molecular formula is C11H17N3O6S. The summed E-state index contributed by atoms with van der Waals surface area (Å²) in [7, 11) is -1.20. The Bertz CT molecular complexity index is 604. The highest BCUT2D eigenvalue weighted by Gasteiger charge is 2.26. The number of nitro benzene ring substituents is 1. The fourth-order valence-electron chi connectivity index (χ4n) is 1.58. The van der Waals surface area contributed by atoms with Crippen LogP contribution in [0.15, 0.2) is 23.1 Å². The number of ether oxygens (including phenoxy) is 2. The average molecular weight is 319 g/mol. The first-order valence-electron chi connectivity index (χ1n) is 5.87. The van der Waals surface area contributed by atoms with E-state index in [4.69, 9.17) is 15.2 Å². The number of nitrogens with zero attached hydrogens (tertiary/aromatic N) is 1. The lowest BCUT2D eigenvalue weighted by atomic mass is 10.3. The van der Waals surface area contributed by atoms with Crippen molar-refractivity contribution in [3.8, 4) is 0 Å². The molecule has 1 aromatic carbocycles. The Balaban J connectivity index is 3.00. The molecule has 9 nitrogen and oxygen atoms in total. The summed E-state index contributed by atoms with van der Waals surface area (Å²) < 4.78 is 36.4. The van der Waals surface area contributed by atoms with Crippen molar-refractivity contribution in [2.75, 3.05) is 33.1 Å². The Morgan fingerprint density at radius 1 is 1.43 bits per heavy atom. The van der Waals surface area contributed by atoms with Gasteiger partial charge in [-0.3, -0.25) is 10.1 Å². The van der Waals surface area contributed by atoms with Crippen LogP contribution in [0, 0.1) is 10.1 Å². The Kier molecular flexibility index (Phi) is 6.03. The number of hydrogen-bond acceptors (Lipinski definition) is 7. The number of sulfonamides is 1. The molecule has 0 spiro atoms. The van der Waals surface area contributed by atoms with E-state index in [-0.39, 0.29) is 18.8 Å². The average Bonchev–Trinajstić information content (AvgIpc) is 2.43. The van der Waals surface area contributed by atoms with Crippen molar-refractivity contribution in [1.29, 1.82) is 0 Å². The number of nitrogens with one attached hydrogen (secondary N) is 1. The van der Waals surface area contributed by atoms with Gasteiger partial charge < -0.3 is 15.2 Å². The lowest BCUT2D eigenvalue weighted by Gasteiger charge is -2.15. The maximum absolute atomic E-state index is 12.1. The molecule has 1 aromatic rings. The van der Waals surface area contributed by atoms with Gasteiger partial charge in [0.15, 0.2) is 4.90 Å². The van der Waals surface area contributed by atoms with Gasteiger partial charge in [-0.2, -0.15) is 0 Å². The number of methoxy groups -OCH3 is 2. The molecule has 3 N–H and O–H groups in total. The summed E-state index contributed by atoms with van der Waals surface area (Å²) in [4.78, 5) is 9.68. The van der Waals surface area contributed by atoms with Gasteiger partial charge in [-0.25, -0.2) is 13.1 Å². The van der Waals surface area contributed by atoms with Gasteiger partial charge in [0.1, 0.15) is 0 Å². The summed E-state index contributed by atoms with van der Waals surface area (Å²) in [6.45, 7) is 0.108. The Labute approximate surface area is 122 Å². The molecule has 0 aromatic heterocycles. The highest BCUT2D eigenvalue weighted by atomic mass is 32.2. The van der Waals surface area contributed by atoms with Crippen molar-refractivity contribution in [2.45, 2.75) is 11.0 Å². The minimum absolute atomic E-state index is 0.0752. The van der Waals surface area contributed by atoms with Crippen LogP contribution in [0.25, 0.3) is 0 Å². The van der Waals surface area contributed by atoms with E-state index >= 15 is 0 Å². The fourth-order valence-corrected chi connectivity index (χ4v) is 2.80. The van der Waals surface area contributed by atoms with Crippen molar-refractivity contribution in [3.63, 3.8) is 0 Å². The molecule has 10 heteroatoms. The lowest BCUT2D eigenvalue weighted by molar-refractivity contribution is -0.387. The second kappa shape index (κ2) is 7.31. The van der Waals surface area contributed by atoms with Crippen molar-refractivity contribution >= 4 is 21.4 Å². The third-order valence-corrected chi connectivity index (χ3v) is 4.13. The molecule has 0 heterocycles.